The summed E-state index contributed by atoms with van der Waals surface area (Å²) in [5.41, 5.74) is 0.612. The average Bonchev–Trinajstić information content (AvgIpc) is 2.76. The molecule has 5 nitrogen and oxygen atoms in total. The summed E-state index contributed by atoms with van der Waals surface area (Å²) in [5.74, 6) is -0.603. The van der Waals surface area contributed by atoms with E-state index in [2.05, 4.69) is 10.6 Å². The van der Waals surface area contributed by atoms with E-state index in [1.165, 1.54) is 29.2 Å². The van der Waals surface area contributed by atoms with Gasteiger partial charge in [-0.15, -0.1) is 0 Å². The Labute approximate surface area is 116 Å². The van der Waals surface area contributed by atoms with Crippen LogP contribution in [0.1, 0.15) is 24.4 Å². The lowest BCUT2D eigenvalue weighted by Gasteiger charge is -2.29. The van der Waals surface area contributed by atoms with Crippen molar-refractivity contribution >= 4 is 11.9 Å². The fourth-order valence-electron chi connectivity index (χ4n) is 2.79. The summed E-state index contributed by atoms with van der Waals surface area (Å²) in [6, 6.07) is 4.56. The van der Waals surface area contributed by atoms with Crippen LogP contribution >= 0.6 is 0 Å². The van der Waals surface area contributed by atoms with Crippen molar-refractivity contribution in [3.63, 3.8) is 0 Å². The van der Waals surface area contributed by atoms with Crippen LogP contribution in [0.2, 0.25) is 0 Å². The number of carbonyl (C=O) groups is 2. The lowest BCUT2D eigenvalue weighted by atomic mass is 10.0. The first-order chi connectivity index (χ1) is 9.66. The van der Waals surface area contributed by atoms with E-state index in [0.717, 1.165) is 25.9 Å². The van der Waals surface area contributed by atoms with Crippen LogP contribution < -0.4 is 10.6 Å². The molecule has 2 saturated heterocycles. The summed E-state index contributed by atoms with van der Waals surface area (Å²) in [5, 5.41) is 5.89. The van der Waals surface area contributed by atoms with Crippen molar-refractivity contribution in [2.75, 3.05) is 13.1 Å². The third kappa shape index (κ3) is 2.27. The van der Waals surface area contributed by atoms with Crippen LogP contribution in [0, 0.1) is 5.82 Å². The van der Waals surface area contributed by atoms with Gasteiger partial charge in [-0.3, -0.25) is 9.69 Å². The van der Waals surface area contributed by atoms with E-state index in [1.54, 1.807) is 0 Å². The number of hydrogen-bond acceptors (Lipinski definition) is 3. The lowest BCUT2D eigenvalue weighted by molar-refractivity contribution is -0.129. The van der Waals surface area contributed by atoms with Crippen LogP contribution in [0.15, 0.2) is 24.3 Å². The molecule has 0 radical (unpaired) electrons. The number of hydrogen-bond donors (Lipinski definition) is 2. The number of nitrogens with zero attached hydrogens (tertiary/aromatic N) is 1. The van der Waals surface area contributed by atoms with E-state index >= 15 is 0 Å². The molecule has 2 N–H and O–H groups in total. The third-order valence-electron chi connectivity index (χ3n) is 3.85. The Bertz CT molecular complexity index is 526. The van der Waals surface area contributed by atoms with Crippen LogP contribution in [-0.2, 0) is 4.79 Å². The van der Waals surface area contributed by atoms with E-state index in [0.29, 0.717) is 5.56 Å². The van der Waals surface area contributed by atoms with Crippen molar-refractivity contribution in [3.05, 3.63) is 35.6 Å². The van der Waals surface area contributed by atoms with Gasteiger partial charge in [-0.1, -0.05) is 12.1 Å². The molecule has 1 aromatic carbocycles. The molecule has 0 aromatic heterocycles. The minimum Gasteiger partial charge on any atom is -0.322 e. The Kier molecular flexibility index (Phi) is 3.40. The number of nitrogens with one attached hydrogen (secondary N) is 2. The van der Waals surface area contributed by atoms with Crippen molar-refractivity contribution < 1.29 is 14.0 Å². The molecule has 2 aliphatic rings. The maximum Gasteiger partial charge on any atom is 0.325 e. The van der Waals surface area contributed by atoms with Crippen molar-refractivity contribution in [3.8, 4) is 0 Å². The molecule has 0 bridgehead atoms. The molecule has 20 heavy (non-hydrogen) atoms. The van der Waals surface area contributed by atoms with Crippen molar-refractivity contribution in [1.82, 2.24) is 15.5 Å². The van der Waals surface area contributed by atoms with Gasteiger partial charge >= 0.3 is 6.03 Å². The summed E-state index contributed by atoms with van der Waals surface area (Å²) >= 11 is 0. The van der Waals surface area contributed by atoms with Crippen molar-refractivity contribution in [2.24, 2.45) is 0 Å². The maximum atomic E-state index is 12.9. The van der Waals surface area contributed by atoms with Crippen LogP contribution in [0.3, 0.4) is 0 Å². The van der Waals surface area contributed by atoms with Crippen molar-refractivity contribution in [1.29, 1.82) is 0 Å². The van der Waals surface area contributed by atoms with Gasteiger partial charge in [0.2, 0.25) is 0 Å². The topological polar surface area (TPSA) is 61.4 Å². The molecule has 1 aromatic rings. The smallest absolute Gasteiger partial charge is 0.322 e. The Morgan fingerprint density at radius 1 is 1.10 bits per heavy atom. The van der Waals surface area contributed by atoms with E-state index < -0.39 is 6.04 Å². The first kappa shape index (κ1) is 13.1. The van der Waals surface area contributed by atoms with Gasteiger partial charge in [0.1, 0.15) is 11.9 Å². The first-order valence-corrected chi connectivity index (χ1v) is 6.76. The quantitative estimate of drug-likeness (QED) is 0.798. The Balaban J connectivity index is 1.80. The highest BCUT2D eigenvalue weighted by Gasteiger charge is 2.42. The second-order valence-electron chi connectivity index (χ2n) is 5.12. The van der Waals surface area contributed by atoms with E-state index in [-0.39, 0.29) is 23.8 Å². The summed E-state index contributed by atoms with van der Waals surface area (Å²) in [6.07, 6.45) is 1.55. The highest BCUT2D eigenvalue weighted by molar-refractivity contribution is 6.05. The molecule has 2 heterocycles. The number of benzene rings is 1. The van der Waals surface area contributed by atoms with Crippen molar-refractivity contribution in [2.45, 2.75) is 24.9 Å². The largest absolute Gasteiger partial charge is 0.325 e. The van der Waals surface area contributed by atoms with Crippen LogP contribution in [0.4, 0.5) is 9.18 Å². The lowest BCUT2D eigenvalue weighted by Crippen LogP contribution is -2.46. The zero-order valence-corrected chi connectivity index (χ0v) is 10.9. The molecule has 1 unspecified atom stereocenters. The second kappa shape index (κ2) is 5.20. The molecule has 3 rings (SSSR count). The fraction of sp³-hybridized carbons (Fsp3) is 0.429. The zero-order valence-electron chi connectivity index (χ0n) is 10.9. The predicted molar refractivity (Wildman–Crippen MR) is 70.4 cm³/mol. The third-order valence-corrected chi connectivity index (χ3v) is 3.85. The minimum absolute atomic E-state index is 0.0470. The Morgan fingerprint density at radius 3 is 2.40 bits per heavy atom. The maximum absolute atomic E-state index is 12.9. The molecule has 0 spiro atoms. The van der Waals surface area contributed by atoms with E-state index in [9.17, 15) is 14.0 Å². The SMILES string of the molecule is O=C1NC(c2ccc(F)cc2)C(=O)N1C1CCNCC1. The molecular formula is C14H16FN3O2. The minimum atomic E-state index is -0.696. The normalized spacial score (nSPS) is 24.1. The molecule has 2 aliphatic heterocycles. The zero-order chi connectivity index (χ0) is 14.1. The number of piperidine rings is 1. The first-order valence-electron chi connectivity index (χ1n) is 6.76. The molecule has 3 amide bonds. The standard InChI is InChI=1S/C14H16FN3O2/c15-10-3-1-9(2-4-10)12-13(19)18(14(20)17-12)11-5-7-16-8-6-11/h1-4,11-12,16H,5-8H2,(H,17,20). The summed E-state index contributed by atoms with van der Waals surface area (Å²) in [6.45, 7) is 1.62. The number of imide groups is 1. The molecule has 0 saturated carbocycles. The number of halogens is 1. The van der Waals surface area contributed by atoms with Gasteiger partial charge in [-0.2, -0.15) is 0 Å². The second-order valence-corrected chi connectivity index (χ2v) is 5.12. The number of rotatable bonds is 2. The number of urea groups is 1. The Hall–Kier alpha value is -1.95. The number of amides is 3. The molecule has 0 aliphatic carbocycles. The van der Waals surface area contributed by atoms with Gasteiger partial charge in [0.15, 0.2) is 0 Å². The van der Waals surface area contributed by atoms with Crippen LogP contribution in [0.5, 0.6) is 0 Å². The summed E-state index contributed by atoms with van der Waals surface area (Å²) < 4.78 is 12.9. The highest BCUT2D eigenvalue weighted by atomic mass is 19.1. The molecule has 2 fully saturated rings. The monoisotopic (exact) mass is 277 g/mol. The summed E-state index contributed by atoms with van der Waals surface area (Å²) in [4.78, 5) is 25.8. The molecule has 106 valence electrons. The van der Waals surface area contributed by atoms with Crippen LogP contribution in [0.25, 0.3) is 0 Å². The van der Waals surface area contributed by atoms with Gasteiger partial charge in [0.05, 0.1) is 0 Å². The van der Waals surface area contributed by atoms with Gasteiger partial charge < -0.3 is 10.6 Å². The number of carbonyl (C=O) groups excluding carboxylic acids is 2. The predicted octanol–water partition coefficient (Wildman–Crippen LogP) is 1.17. The van der Waals surface area contributed by atoms with Gasteiger partial charge in [-0.25, -0.2) is 9.18 Å². The van der Waals surface area contributed by atoms with Crippen LogP contribution in [-0.4, -0.2) is 36.0 Å². The molecule has 1 atom stereocenters. The average molecular weight is 277 g/mol. The molecular weight excluding hydrogens is 261 g/mol. The highest BCUT2D eigenvalue weighted by Crippen LogP contribution is 2.26. The Morgan fingerprint density at radius 2 is 1.75 bits per heavy atom. The van der Waals surface area contributed by atoms with Gasteiger partial charge in [0.25, 0.3) is 5.91 Å². The van der Waals surface area contributed by atoms with Gasteiger partial charge in [0, 0.05) is 6.04 Å². The molecule has 6 heteroatoms. The van der Waals surface area contributed by atoms with Gasteiger partial charge in [-0.05, 0) is 43.6 Å². The van der Waals surface area contributed by atoms with E-state index in [1.807, 2.05) is 0 Å². The van der Waals surface area contributed by atoms with E-state index in [4.69, 9.17) is 0 Å². The fourth-order valence-corrected chi connectivity index (χ4v) is 2.79. The summed E-state index contributed by atoms with van der Waals surface area (Å²) in [7, 11) is 0.